The molecule has 0 bridgehead atoms. The number of carbonyl (C=O) groups is 2. The number of carbonyl (C=O) groups excluding carboxylic acids is 1. The molecule has 6 fully saturated rings. The van der Waals surface area contributed by atoms with Gasteiger partial charge in [-0.25, -0.2) is 18.0 Å². The van der Waals surface area contributed by atoms with Crippen LogP contribution in [0, 0.1) is 29.5 Å². The Morgan fingerprint density at radius 1 is 0.759 bits per heavy atom. The Balaban J connectivity index is 0.849. The van der Waals surface area contributed by atoms with Crippen LogP contribution in [0.1, 0.15) is 75.3 Å². The van der Waals surface area contributed by atoms with E-state index in [1.807, 2.05) is 24.3 Å². The fourth-order valence-corrected chi connectivity index (χ4v) is 11.5. The summed E-state index contributed by atoms with van der Waals surface area (Å²) in [6, 6.07) is 13.8. The van der Waals surface area contributed by atoms with E-state index in [-0.39, 0.29) is 47.8 Å². The zero-order valence-corrected chi connectivity index (χ0v) is 34.1. The highest BCUT2D eigenvalue weighted by Crippen LogP contribution is 2.52. The second-order valence-corrected chi connectivity index (χ2v) is 18.3. The third-order valence-corrected chi connectivity index (χ3v) is 14.8. The van der Waals surface area contributed by atoms with Gasteiger partial charge >= 0.3 is 6.09 Å². The summed E-state index contributed by atoms with van der Waals surface area (Å²) in [5.74, 6) is -3.42. The van der Waals surface area contributed by atoms with Crippen LogP contribution in [0.5, 0.6) is 0 Å². The average molecular weight is 805 g/mol. The first-order chi connectivity index (χ1) is 28.1. The van der Waals surface area contributed by atoms with Gasteiger partial charge in [0.1, 0.15) is 5.82 Å². The van der Waals surface area contributed by atoms with E-state index in [9.17, 15) is 19.1 Å². The number of piperidine rings is 2. The van der Waals surface area contributed by atoms with Crippen LogP contribution in [0.25, 0.3) is 0 Å². The van der Waals surface area contributed by atoms with E-state index < -0.39 is 17.9 Å². The molecule has 2 aromatic carbocycles. The van der Waals surface area contributed by atoms with Crippen molar-refractivity contribution in [3.8, 4) is 0 Å². The zero-order valence-electron chi connectivity index (χ0n) is 34.1. The largest absolute Gasteiger partial charge is 0.465 e. The Kier molecular flexibility index (Phi) is 12.7. The first-order valence-electron chi connectivity index (χ1n) is 22.2. The van der Waals surface area contributed by atoms with Crippen LogP contribution >= 0.6 is 0 Å². The normalized spacial score (nSPS) is 26.8. The summed E-state index contributed by atoms with van der Waals surface area (Å²) in [7, 11) is 0. The van der Waals surface area contributed by atoms with E-state index in [1.54, 1.807) is 24.3 Å². The van der Waals surface area contributed by atoms with Crippen molar-refractivity contribution in [2.45, 2.75) is 81.6 Å². The van der Waals surface area contributed by atoms with Gasteiger partial charge in [-0.1, -0.05) is 43.2 Å². The molecule has 2 amide bonds. The number of carboxylic acid groups (broad SMARTS) is 1. The van der Waals surface area contributed by atoms with Crippen molar-refractivity contribution < 1.29 is 27.9 Å². The second-order valence-electron chi connectivity index (χ2n) is 18.3. The molecule has 1 unspecified atom stereocenters. The van der Waals surface area contributed by atoms with Crippen LogP contribution in [0.3, 0.4) is 0 Å². The van der Waals surface area contributed by atoms with Crippen LogP contribution < -0.4 is 10.2 Å². The van der Waals surface area contributed by atoms with Crippen molar-refractivity contribution in [3.63, 3.8) is 0 Å². The molecule has 2 N–H and O–H groups in total. The number of hydrogen-bond acceptors (Lipinski definition) is 6. The molecule has 0 radical (unpaired) electrons. The smallest absolute Gasteiger partial charge is 0.404 e. The molecule has 5 aliphatic heterocycles. The number of alkyl halides is 2. The molecule has 1 aliphatic carbocycles. The van der Waals surface area contributed by atoms with Gasteiger partial charge in [-0.15, -0.1) is 0 Å². The highest BCUT2D eigenvalue weighted by atomic mass is 19.3. The Morgan fingerprint density at radius 2 is 1.50 bits per heavy atom. The average Bonchev–Trinajstić information content (AvgIpc) is 3.85. The second kappa shape index (κ2) is 17.9. The maximum absolute atomic E-state index is 15.6. The summed E-state index contributed by atoms with van der Waals surface area (Å²) in [5.41, 5.74) is 1.66. The van der Waals surface area contributed by atoms with Crippen molar-refractivity contribution in [1.82, 2.24) is 24.9 Å². The first-order valence-corrected chi connectivity index (χ1v) is 22.2. The molecule has 0 aromatic heterocycles. The lowest BCUT2D eigenvalue weighted by atomic mass is 9.57. The molecule has 12 heteroatoms. The SMILES string of the molecule is O=C(O)N[C@H]1CCC[C@@H]1C(CN1CCC1)(c1cccc(F)c1)C1CCN(C[C@@H]2CCN(c3ccc(C(F)(F)C4CN(C(=O)/C=C/CN5CCCCC5)C4)cc3)C2)CC1. The first kappa shape index (κ1) is 41.1. The number of likely N-dealkylation sites (tertiary alicyclic amines) is 4. The van der Waals surface area contributed by atoms with Crippen molar-refractivity contribution in [1.29, 1.82) is 0 Å². The van der Waals surface area contributed by atoms with Gasteiger partial charge in [0.25, 0.3) is 5.92 Å². The number of benzene rings is 2. The lowest BCUT2D eigenvalue weighted by Gasteiger charge is -2.53. The van der Waals surface area contributed by atoms with Gasteiger partial charge in [-0.3, -0.25) is 9.69 Å². The van der Waals surface area contributed by atoms with Crippen LogP contribution in [0.15, 0.2) is 60.7 Å². The molecule has 5 heterocycles. The Labute approximate surface area is 342 Å². The highest BCUT2D eigenvalue weighted by Gasteiger charge is 2.53. The predicted molar refractivity (Wildman–Crippen MR) is 221 cm³/mol. The molecule has 1 saturated carbocycles. The zero-order chi connectivity index (χ0) is 40.3. The number of hydrogen-bond donors (Lipinski definition) is 2. The van der Waals surface area contributed by atoms with Gasteiger partial charge in [0, 0.05) is 74.6 Å². The molecule has 6 aliphatic rings. The van der Waals surface area contributed by atoms with E-state index in [0.29, 0.717) is 11.8 Å². The maximum Gasteiger partial charge on any atom is 0.404 e. The van der Waals surface area contributed by atoms with Crippen molar-refractivity contribution in [2.75, 3.05) is 90.0 Å². The van der Waals surface area contributed by atoms with E-state index in [2.05, 4.69) is 31.0 Å². The molecule has 9 nitrogen and oxygen atoms in total. The summed E-state index contributed by atoms with van der Waals surface area (Å²) in [5, 5.41) is 12.7. The minimum absolute atomic E-state index is 0.0127. The van der Waals surface area contributed by atoms with Gasteiger partial charge in [-0.05, 0) is 138 Å². The van der Waals surface area contributed by atoms with Crippen LogP contribution in [-0.4, -0.2) is 128 Å². The molecule has 2 aromatic rings. The van der Waals surface area contributed by atoms with Crippen LogP contribution in [-0.2, 0) is 16.1 Å². The number of halogens is 3. The summed E-state index contributed by atoms with van der Waals surface area (Å²) in [4.78, 5) is 35.8. The van der Waals surface area contributed by atoms with E-state index in [0.717, 1.165) is 128 Å². The van der Waals surface area contributed by atoms with Crippen LogP contribution in [0.4, 0.5) is 23.7 Å². The fraction of sp³-hybridized carbons (Fsp3) is 0.652. The molecule has 4 atom stereocenters. The molecule has 8 rings (SSSR count). The van der Waals surface area contributed by atoms with E-state index in [4.69, 9.17) is 0 Å². The summed E-state index contributed by atoms with van der Waals surface area (Å²) >= 11 is 0. The van der Waals surface area contributed by atoms with Crippen molar-refractivity contribution >= 4 is 17.7 Å². The number of amides is 2. The molecule has 316 valence electrons. The summed E-state index contributed by atoms with van der Waals surface area (Å²) < 4.78 is 46.2. The molecular weight excluding hydrogens is 742 g/mol. The monoisotopic (exact) mass is 804 g/mol. The Hall–Kier alpha value is -3.61. The minimum atomic E-state index is -3.00. The van der Waals surface area contributed by atoms with E-state index >= 15 is 8.78 Å². The Morgan fingerprint density at radius 3 is 2.19 bits per heavy atom. The lowest BCUT2D eigenvalue weighted by Crippen LogP contribution is -2.59. The maximum atomic E-state index is 15.6. The third kappa shape index (κ3) is 8.94. The highest BCUT2D eigenvalue weighted by molar-refractivity contribution is 5.88. The number of rotatable bonds is 14. The Bertz CT molecular complexity index is 1740. The minimum Gasteiger partial charge on any atom is -0.465 e. The topological polar surface area (TPSA) is 82.6 Å². The van der Waals surface area contributed by atoms with E-state index in [1.165, 1.54) is 30.2 Å². The standard InChI is InChI=1S/C46H63F3N6O3/c47-39-9-4-8-37(28-39)45(33-53-23-7-24-53,41-10-5-11-42(41)50-44(57)58)35-18-25-52(26-19-35)29-34-17-27-54(30-34)40-15-13-36(14-16-40)46(48,49)38-31-55(32-38)43(56)12-6-22-51-20-2-1-3-21-51/h4,6,8-9,12-16,28,34-35,38,41-42,50H,1-3,5,7,10-11,17-27,29-33H2,(H,57,58)/b12-6+/t34-,41-,42-,45?/m0/s1. The quantitative estimate of drug-likeness (QED) is 0.199. The number of nitrogens with zero attached hydrogens (tertiary/aromatic N) is 5. The van der Waals surface area contributed by atoms with Crippen molar-refractivity contribution in [2.24, 2.45) is 23.7 Å². The number of nitrogens with one attached hydrogen (secondary N) is 1. The van der Waals surface area contributed by atoms with Gasteiger partial charge < -0.3 is 30.0 Å². The van der Waals surface area contributed by atoms with Gasteiger partial charge in [0.2, 0.25) is 5.91 Å². The van der Waals surface area contributed by atoms with Crippen molar-refractivity contribution in [3.05, 3.63) is 77.6 Å². The molecule has 58 heavy (non-hydrogen) atoms. The molecular formula is C46H63F3N6O3. The number of anilines is 1. The lowest BCUT2D eigenvalue weighted by molar-refractivity contribution is -0.151. The molecule has 0 spiro atoms. The third-order valence-electron chi connectivity index (χ3n) is 14.8. The van der Waals surface area contributed by atoms with Crippen LogP contribution in [0.2, 0.25) is 0 Å². The summed E-state index contributed by atoms with van der Waals surface area (Å²) in [6.07, 6.45) is 13.0. The molecule has 5 saturated heterocycles. The predicted octanol–water partition coefficient (Wildman–Crippen LogP) is 7.04. The van der Waals surface area contributed by atoms with Gasteiger partial charge in [0.15, 0.2) is 0 Å². The van der Waals surface area contributed by atoms with Gasteiger partial charge in [0.05, 0.1) is 5.92 Å². The van der Waals surface area contributed by atoms with Gasteiger partial charge in [-0.2, -0.15) is 0 Å². The fourth-order valence-electron chi connectivity index (χ4n) is 11.5. The summed E-state index contributed by atoms with van der Waals surface area (Å²) in [6.45, 7) is 10.5.